The Balaban J connectivity index is 1.61. The van der Waals surface area contributed by atoms with Crippen LogP contribution < -0.4 is 10.7 Å². The third-order valence-corrected chi connectivity index (χ3v) is 5.48. The third kappa shape index (κ3) is 4.15. The number of hydrazine groups is 1. The first-order chi connectivity index (χ1) is 13.1. The number of nitriles is 1. The number of H-pyrrole nitrogens is 1. The molecule has 0 radical (unpaired) electrons. The minimum absolute atomic E-state index is 0.116. The second-order valence-electron chi connectivity index (χ2n) is 7.30. The highest BCUT2D eigenvalue weighted by atomic mass is 16.2. The summed E-state index contributed by atoms with van der Waals surface area (Å²) in [5.74, 6) is 1.14. The van der Waals surface area contributed by atoms with E-state index in [1.165, 1.54) is 5.56 Å². The van der Waals surface area contributed by atoms with Gasteiger partial charge >= 0.3 is 0 Å². The lowest BCUT2D eigenvalue weighted by molar-refractivity contribution is -0.136. The standard InChI is InChI=1S/C21H29N5O/c1-4-8-26(23-3)21(27)19(5-2)24-12-15-10-16(15)18-13-25-20-7-6-14(11-22)9-17(18)20/h6-7,9,13,15-16,19,23-25H,4-5,8,10,12H2,1-3H3. The number of aromatic amines is 1. The molecule has 1 aromatic heterocycles. The highest BCUT2D eigenvalue weighted by molar-refractivity contribution is 5.85. The highest BCUT2D eigenvalue weighted by Crippen LogP contribution is 2.49. The summed E-state index contributed by atoms with van der Waals surface area (Å²) in [5.41, 5.74) is 6.05. The van der Waals surface area contributed by atoms with Gasteiger partial charge in [0.2, 0.25) is 0 Å². The molecule has 0 saturated heterocycles. The quantitative estimate of drug-likeness (QED) is 0.595. The van der Waals surface area contributed by atoms with Crippen LogP contribution in [0.3, 0.4) is 0 Å². The molecular formula is C21H29N5O. The van der Waals surface area contributed by atoms with Gasteiger partial charge in [0.05, 0.1) is 17.7 Å². The van der Waals surface area contributed by atoms with Crippen molar-refractivity contribution in [1.82, 2.24) is 20.7 Å². The van der Waals surface area contributed by atoms with Crippen LogP contribution >= 0.6 is 0 Å². The number of hydrogen-bond donors (Lipinski definition) is 3. The number of nitrogens with zero attached hydrogens (tertiary/aromatic N) is 2. The van der Waals surface area contributed by atoms with Crippen LogP contribution in [0.1, 0.15) is 50.2 Å². The van der Waals surface area contributed by atoms with Gasteiger partial charge in [-0.25, -0.2) is 5.43 Å². The van der Waals surface area contributed by atoms with E-state index in [1.54, 1.807) is 12.1 Å². The van der Waals surface area contributed by atoms with Crippen molar-refractivity contribution >= 4 is 16.8 Å². The molecule has 1 heterocycles. The van der Waals surface area contributed by atoms with E-state index in [0.29, 0.717) is 17.4 Å². The fourth-order valence-electron chi connectivity index (χ4n) is 3.82. The molecule has 1 aliphatic carbocycles. The summed E-state index contributed by atoms with van der Waals surface area (Å²) in [6.07, 6.45) is 4.89. The number of nitrogens with one attached hydrogen (secondary N) is 3. The predicted molar refractivity (Wildman–Crippen MR) is 107 cm³/mol. The number of fused-ring (bicyclic) bond motifs is 1. The van der Waals surface area contributed by atoms with Gasteiger partial charge in [0, 0.05) is 30.7 Å². The van der Waals surface area contributed by atoms with Crippen LogP contribution in [0.25, 0.3) is 10.9 Å². The van der Waals surface area contributed by atoms with Gasteiger partial charge < -0.3 is 10.3 Å². The normalized spacial score (nSPS) is 19.6. The predicted octanol–water partition coefficient (Wildman–Crippen LogP) is 2.88. The minimum atomic E-state index is -0.154. The maximum Gasteiger partial charge on any atom is 0.253 e. The molecule has 0 bridgehead atoms. The Morgan fingerprint density at radius 2 is 2.26 bits per heavy atom. The van der Waals surface area contributed by atoms with Crippen LogP contribution in [-0.4, -0.2) is 42.1 Å². The van der Waals surface area contributed by atoms with Crippen molar-refractivity contribution in [2.75, 3.05) is 20.1 Å². The largest absolute Gasteiger partial charge is 0.361 e. The number of aromatic nitrogens is 1. The van der Waals surface area contributed by atoms with Crippen molar-refractivity contribution < 1.29 is 4.79 Å². The molecule has 2 aromatic rings. The average molecular weight is 367 g/mol. The van der Waals surface area contributed by atoms with Crippen LogP contribution in [0.5, 0.6) is 0 Å². The molecular weight excluding hydrogens is 338 g/mol. The zero-order chi connectivity index (χ0) is 19.4. The molecule has 3 unspecified atom stereocenters. The van der Waals surface area contributed by atoms with Gasteiger partial charge in [-0.05, 0) is 61.4 Å². The van der Waals surface area contributed by atoms with Crippen molar-refractivity contribution in [1.29, 1.82) is 5.26 Å². The molecule has 1 aliphatic rings. The van der Waals surface area contributed by atoms with Crippen LogP contribution in [0.15, 0.2) is 24.4 Å². The Bertz CT molecular complexity index is 837. The molecule has 1 aromatic carbocycles. The van der Waals surface area contributed by atoms with Crippen molar-refractivity contribution in [3.05, 3.63) is 35.5 Å². The molecule has 1 amide bonds. The third-order valence-electron chi connectivity index (χ3n) is 5.48. The van der Waals surface area contributed by atoms with Gasteiger partial charge in [0.1, 0.15) is 0 Å². The maximum absolute atomic E-state index is 12.6. The summed E-state index contributed by atoms with van der Waals surface area (Å²) in [5, 5.41) is 15.5. The lowest BCUT2D eigenvalue weighted by Crippen LogP contribution is -2.51. The van der Waals surface area contributed by atoms with Crippen LogP contribution in [0.4, 0.5) is 0 Å². The van der Waals surface area contributed by atoms with Gasteiger partial charge in [-0.2, -0.15) is 5.26 Å². The summed E-state index contributed by atoms with van der Waals surface area (Å²) < 4.78 is 0. The van der Waals surface area contributed by atoms with E-state index in [-0.39, 0.29) is 11.9 Å². The molecule has 6 heteroatoms. The van der Waals surface area contributed by atoms with Gasteiger partial charge in [-0.1, -0.05) is 13.8 Å². The molecule has 0 aliphatic heterocycles. The van der Waals surface area contributed by atoms with Gasteiger partial charge in [-0.15, -0.1) is 0 Å². The summed E-state index contributed by atoms with van der Waals surface area (Å²) in [6, 6.07) is 7.85. The van der Waals surface area contributed by atoms with Crippen LogP contribution in [0, 0.1) is 17.2 Å². The topological polar surface area (TPSA) is 84.0 Å². The Labute approximate surface area is 160 Å². The second kappa shape index (κ2) is 8.55. The Morgan fingerprint density at radius 1 is 1.44 bits per heavy atom. The minimum Gasteiger partial charge on any atom is -0.361 e. The summed E-state index contributed by atoms with van der Waals surface area (Å²) in [4.78, 5) is 16.0. The molecule has 3 N–H and O–H groups in total. The lowest BCUT2D eigenvalue weighted by Gasteiger charge is -2.26. The van der Waals surface area contributed by atoms with Crippen molar-refractivity contribution in [2.24, 2.45) is 5.92 Å². The molecule has 1 saturated carbocycles. The fraction of sp³-hybridized carbons (Fsp3) is 0.524. The zero-order valence-electron chi connectivity index (χ0n) is 16.4. The molecule has 27 heavy (non-hydrogen) atoms. The van der Waals surface area contributed by atoms with Crippen LogP contribution in [0.2, 0.25) is 0 Å². The molecule has 3 rings (SSSR count). The van der Waals surface area contributed by atoms with Crippen molar-refractivity contribution in [3.63, 3.8) is 0 Å². The van der Waals surface area contributed by atoms with E-state index >= 15 is 0 Å². The first kappa shape index (κ1) is 19.4. The first-order valence-electron chi connectivity index (χ1n) is 9.86. The van der Waals surface area contributed by atoms with Gasteiger partial charge in [-0.3, -0.25) is 9.80 Å². The fourth-order valence-corrected chi connectivity index (χ4v) is 3.82. The molecule has 6 nitrogen and oxygen atoms in total. The molecule has 3 atom stereocenters. The number of amides is 1. The zero-order valence-corrected chi connectivity index (χ0v) is 16.4. The lowest BCUT2D eigenvalue weighted by atomic mass is 10.1. The van der Waals surface area contributed by atoms with E-state index in [4.69, 9.17) is 5.26 Å². The number of hydrogen-bond acceptors (Lipinski definition) is 4. The van der Waals surface area contributed by atoms with Gasteiger partial charge in [0.25, 0.3) is 5.91 Å². The Kier molecular flexibility index (Phi) is 6.15. The second-order valence-corrected chi connectivity index (χ2v) is 7.30. The van der Waals surface area contributed by atoms with E-state index in [0.717, 1.165) is 43.3 Å². The van der Waals surface area contributed by atoms with E-state index in [1.807, 2.05) is 25.1 Å². The smallest absolute Gasteiger partial charge is 0.253 e. The van der Waals surface area contributed by atoms with Gasteiger partial charge in [0.15, 0.2) is 0 Å². The van der Waals surface area contributed by atoms with E-state index in [2.05, 4.69) is 34.9 Å². The summed E-state index contributed by atoms with van der Waals surface area (Å²) in [7, 11) is 1.80. The summed E-state index contributed by atoms with van der Waals surface area (Å²) >= 11 is 0. The molecule has 0 spiro atoms. The summed E-state index contributed by atoms with van der Waals surface area (Å²) in [6.45, 7) is 5.67. The Morgan fingerprint density at radius 3 is 2.93 bits per heavy atom. The number of carbonyl (C=O) groups is 1. The van der Waals surface area contributed by atoms with Crippen molar-refractivity contribution in [2.45, 2.75) is 45.1 Å². The van der Waals surface area contributed by atoms with Crippen LogP contribution in [-0.2, 0) is 4.79 Å². The Hall–Kier alpha value is -2.36. The van der Waals surface area contributed by atoms with E-state index < -0.39 is 0 Å². The average Bonchev–Trinajstić information content (AvgIpc) is 3.34. The number of benzene rings is 1. The SMILES string of the molecule is CCCN(NC)C(=O)C(CC)NCC1CC1c1c[nH]c2ccc(C#N)cc12. The highest BCUT2D eigenvalue weighted by Gasteiger charge is 2.40. The number of carbonyl (C=O) groups excluding carboxylic acids is 1. The number of rotatable bonds is 9. The monoisotopic (exact) mass is 367 g/mol. The van der Waals surface area contributed by atoms with E-state index in [9.17, 15) is 4.79 Å². The maximum atomic E-state index is 12.6. The van der Waals surface area contributed by atoms with Crippen molar-refractivity contribution in [3.8, 4) is 6.07 Å². The molecule has 1 fully saturated rings. The first-order valence-corrected chi connectivity index (χ1v) is 9.86. The molecule has 144 valence electrons.